The van der Waals surface area contributed by atoms with E-state index in [-0.39, 0.29) is 6.03 Å². The van der Waals surface area contributed by atoms with Crippen LogP contribution in [0.3, 0.4) is 0 Å². The lowest BCUT2D eigenvalue weighted by Gasteiger charge is -2.22. The van der Waals surface area contributed by atoms with E-state index in [0.717, 1.165) is 25.9 Å². The summed E-state index contributed by atoms with van der Waals surface area (Å²) in [7, 11) is 0. The van der Waals surface area contributed by atoms with Gasteiger partial charge in [0.05, 0.1) is 0 Å². The monoisotopic (exact) mass is 183 g/mol. The quantitative estimate of drug-likeness (QED) is 0.661. The van der Waals surface area contributed by atoms with E-state index in [1.54, 1.807) is 0 Å². The molecule has 2 amide bonds. The molecular formula is C9H17N3O. The maximum absolute atomic E-state index is 11.2. The van der Waals surface area contributed by atoms with Crippen molar-refractivity contribution < 1.29 is 4.79 Å². The minimum atomic E-state index is -0.0780. The highest BCUT2D eigenvalue weighted by atomic mass is 16.2. The fourth-order valence-electron chi connectivity index (χ4n) is 1.03. The van der Waals surface area contributed by atoms with Gasteiger partial charge in [0.15, 0.2) is 0 Å². The zero-order valence-corrected chi connectivity index (χ0v) is 8.29. The Morgan fingerprint density at radius 2 is 2.54 bits per heavy atom. The largest absolute Gasteiger partial charge is 0.337 e. The number of hydrogen-bond donors (Lipinski definition) is 1. The predicted octanol–water partition coefficient (Wildman–Crippen LogP) is 1.43. The van der Waals surface area contributed by atoms with Gasteiger partial charge >= 0.3 is 6.03 Å². The first-order chi connectivity index (χ1) is 6.24. The first kappa shape index (κ1) is 10.0. The van der Waals surface area contributed by atoms with Crippen molar-refractivity contribution in [3.63, 3.8) is 0 Å². The van der Waals surface area contributed by atoms with Crippen LogP contribution in [0, 0.1) is 5.92 Å². The van der Waals surface area contributed by atoms with Crippen LogP contribution in [0.4, 0.5) is 4.79 Å². The number of rotatable bonds is 3. The molecule has 0 radical (unpaired) electrons. The number of hydrazone groups is 1. The van der Waals surface area contributed by atoms with E-state index in [1.807, 2.05) is 6.21 Å². The molecule has 1 unspecified atom stereocenters. The Hall–Kier alpha value is -1.06. The van der Waals surface area contributed by atoms with Crippen LogP contribution in [0.25, 0.3) is 0 Å². The molecule has 0 spiro atoms. The number of urea groups is 1. The van der Waals surface area contributed by atoms with Gasteiger partial charge < -0.3 is 5.32 Å². The number of nitrogens with zero attached hydrogens (tertiary/aromatic N) is 2. The predicted molar refractivity (Wildman–Crippen MR) is 52.7 cm³/mol. The zero-order valence-electron chi connectivity index (χ0n) is 8.29. The molecule has 1 aliphatic rings. The van der Waals surface area contributed by atoms with Gasteiger partial charge in [0, 0.05) is 19.3 Å². The van der Waals surface area contributed by atoms with Gasteiger partial charge in [-0.2, -0.15) is 5.10 Å². The van der Waals surface area contributed by atoms with Crippen molar-refractivity contribution in [1.82, 2.24) is 10.3 Å². The van der Waals surface area contributed by atoms with Crippen LogP contribution in [0.15, 0.2) is 5.10 Å². The minimum absolute atomic E-state index is 0.0780. The van der Waals surface area contributed by atoms with E-state index < -0.39 is 0 Å². The summed E-state index contributed by atoms with van der Waals surface area (Å²) in [6.45, 7) is 5.70. The lowest BCUT2D eigenvalue weighted by atomic mass is 10.1. The fraction of sp³-hybridized carbons (Fsp3) is 0.778. The average molecular weight is 183 g/mol. The Morgan fingerprint density at radius 1 is 1.77 bits per heavy atom. The highest BCUT2D eigenvalue weighted by Crippen LogP contribution is 2.01. The fourth-order valence-corrected chi connectivity index (χ4v) is 1.03. The maximum Gasteiger partial charge on any atom is 0.337 e. The van der Waals surface area contributed by atoms with Gasteiger partial charge in [-0.1, -0.05) is 13.8 Å². The number of hydrogen-bond acceptors (Lipinski definition) is 2. The summed E-state index contributed by atoms with van der Waals surface area (Å²) in [5.74, 6) is 0.440. The van der Waals surface area contributed by atoms with Crippen LogP contribution >= 0.6 is 0 Å². The highest BCUT2D eigenvalue weighted by molar-refractivity contribution is 5.75. The van der Waals surface area contributed by atoms with Gasteiger partial charge in [0.25, 0.3) is 0 Å². The van der Waals surface area contributed by atoms with Crippen LogP contribution in [0.2, 0.25) is 0 Å². The molecule has 1 fully saturated rings. The molecule has 1 atom stereocenters. The third-order valence-corrected chi connectivity index (χ3v) is 2.16. The molecule has 1 saturated heterocycles. The van der Waals surface area contributed by atoms with Crippen LogP contribution < -0.4 is 5.32 Å². The van der Waals surface area contributed by atoms with Crippen LogP contribution in [0.1, 0.15) is 26.7 Å². The van der Waals surface area contributed by atoms with E-state index in [0.29, 0.717) is 5.92 Å². The van der Waals surface area contributed by atoms with Gasteiger partial charge in [0.2, 0.25) is 0 Å². The second kappa shape index (κ2) is 4.84. The Morgan fingerprint density at radius 3 is 3.15 bits per heavy atom. The smallest absolute Gasteiger partial charge is 0.336 e. The van der Waals surface area contributed by atoms with E-state index in [1.165, 1.54) is 5.01 Å². The van der Waals surface area contributed by atoms with Crippen molar-refractivity contribution in [2.45, 2.75) is 26.7 Å². The Kier molecular flexibility index (Phi) is 3.73. The molecule has 74 valence electrons. The van der Waals surface area contributed by atoms with E-state index >= 15 is 0 Å². The molecule has 0 aromatic carbocycles. The van der Waals surface area contributed by atoms with Crippen molar-refractivity contribution >= 4 is 12.2 Å². The third kappa shape index (κ3) is 3.05. The van der Waals surface area contributed by atoms with Crippen molar-refractivity contribution in [3.8, 4) is 0 Å². The molecule has 0 aromatic rings. The summed E-state index contributed by atoms with van der Waals surface area (Å²) in [6, 6.07) is -0.0780. The van der Waals surface area contributed by atoms with Crippen LogP contribution in [-0.4, -0.2) is 30.3 Å². The second-order valence-electron chi connectivity index (χ2n) is 3.36. The summed E-state index contributed by atoms with van der Waals surface area (Å²) in [6.07, 6.45) is 3.87. The van der Waals surface area contributed by atoms with Crippen molar-refractivity contribution in [1.29, 1.82) is 0 Å². The summed E-state index contributed by atoms with van der Waals surface area (Å²) in [4.78, 5) is 11.2. The van der Waals surface area contributed by atoms with Crippen LogP contribution in [0.5, 0.6) is 0 Å². The Balaban J connectivity index is 2.42. The Bertz CT molecular complexity index is 203. The van der Waals surface area contributed by atoms with Crippen molar-refractivity contribution in [3.05, 3.63) is 0 Å². The standard InChI is InChI=1S/C9H17N3O/c1-3-8(2)7-11-12-6-4-5-10-9(12)13/h7-8H,3-6H2,1-2H3,(H,10,13)/b11-7+. The molecule has 1 heterocycles. The number of nitrogens with one attached hydrogen (secondary N) is 1. The lowest BCUT2D eigenvalue weighted by molar-refractivity contribution is 0.189. The van der Waals surface area contributed by atoms with Crippen LogP contribution in [-0.2, 0) is 0 Å². The van der Waals surface area contributed by atoms with E-state index in [2.05, 4.69) is 24.3 Å². The summed E-state index contributed by atoms with van der Waals surface area (Å²) in [5.41, 5.74) is 0. The van der Waals surface area contributed by atoms with Gasteiger partial charge in [-0.3, -0.25) is 0 Å². The highest BCUT2D eigenvalue weighted by Gasteiger charge is 2.15. The zero-order chi connectivity index (χ0) is 9.68. The molecular weight excluding hydrogens is 166 g/mol. The van der Waals surface area contributed by atoms with Gasteiger partial charge in [0.1, 0.15) is 0 Å². The summed E-state index contributed by atoms with van der Waals surface area (Å²) in [5, 5.41) is 8.37. The SMILES string of the molecule is CCC(C)/C=N/N1CCCNC1=O. The topological polar surface area (TPSA) is 44.7 Å². The van der Waals surface area contributed by atoms with Gasteiger partial charge in [-0.05, 0) is 18.8 Å². The molecule has 0 bridgehead atoms. The number of carbonyl (C=O) groups excluding carboxylic acids is 1. The van der Waals surface area contributed by atoms with Crippen molar-refractivity contribution in [2.24, 2.45) is 11.0 Å². The van der Waals surface area contributed by atoms with Gasteiger partial charge in [-0.25, -0.2) is 9.80 Å². The molecule has 13 heavy (non-hydrogen) atoms. The molecule has 0 saturated carbocycles. The van der Waals surface area contributed by atoms with Gasteiger partial charge in [-0.15, -0.1) is 0 Å². The summed E-state index contributed by atoms with van der Waals surface area (Å²) >= 11 is 0. The van der Waals surface area contributed by atoms with Crippen molar-refractivity contribution in [2.75, 3.05) is 13.1 Å². The summed E-state index contributed by atoms with van der Waals surface area (Å²) < 4.78 is 0. The molecule has 0 aliphatic carbocycles. The maximum atomic E-state index is 11.2. The molecule has 0 aromatic heterocycles. The first-order valence-electron chi connectivity index (χ1n) is 4.83. The normalized spacial score (nSPS) is 20.5. The van der Waals surface area contributed by atoms with E-state index in [9.17, 15) is 4.79 Å². The molecule has 1 rings (SSSR count). The number of carbonyl (C=O) groups is 1. The molecule has 4 nitrogen and oxygen atoms in total. The Labute approximate surface area is 79.0 Å². The number of amides is 2. The van der Waals surface area contributed by atoms with E-state index in [4.69, 9.17) is 0 Å². The minimum Gasteiger partial charge on any atom is -0.336 e. The molecule has 1 aliphatic heterocycles. The lowest BCUT2D eigenvalue weighted by Crippen LogP contribution is -2.43. The molecule has 4 heteroatoms. The molecule has 1 N–H and O–H groups in total. The second-order valence-corrected chi connectivity index (χ2v) is 3.36. The third-order valence-electron chi connectivity index (χ3n) is 2.16. The first-order valence-corrected chi connectivity index (χ1v) is 4.83. The average Bonchev–Trinajstić information content (AvgIpc) is 2.16.